The molecule has 0 saturated carbocycles. The first kappa shape index (κ1) is 21.4. The molecule has 0 radical (unpaired) electrons. The summed E-state index contributed by atoms with van der Waals surface area (Å²) >= 11 is 0. The smallest absolute Gasteiger partial charge is 0.296 e. The average Bonchev–Trinajstić information content (AvgIpc) is 3.25. The van der Waals surface area contributed by atoms with E-state index in [9.17, 15) is 18.4 Å². The Morgan fingerprint density at radius 3 is 2.56 bits per heavy atom. The summed E-state index contributed by atoms with van der Waals surface area (Å²) in [5.74, 6) is -2.83. The topological polar surface area (TPSA) is 81.3 Å². The van der Waals surface area contributed by atoms with Crippen molar-refractivity contribution in [2.24, 2.45) is 0 Å². The molecule has 0 atom stereocenters. The number of halogens is 2. The van der Waals surface area contributed by atoms with E-state index in [-0.39, 0.29) is 17.2 Å². The number of hydrogen-bond donors (Lipinski definition) is 1. The molecule has 0 saturated heterocycles. The van der Waals surface area contributed by atoms with Crippen LogP contribution in [0, 0.1) is 25.5 Å². The molecule has 5 aromatic rings. The van der Waals surface area contributed by atoms with Crippen molar-refractivity contribution in [3.63, 3.8) is 0 Å². The molecule has 2 heterocycles. The molecule has 9 heteroatoms. The zero-order valence-corrected chi connectivity index (χ0v) is 18.3. The lowest BCUT2D eigenvalue weighted by molar-refractivity contribution is 0.101. The Morgan fingerprint density at radius 1 is 1.00 bits per heavy atom. The first-order chi connectivity index (χ1) is 16.3. The summed E-state index contributed by atoms with van der Waals surface area (Å²) in [7, 11) is 0. The second kappa shape index (κ2) is 8.18. The molecule has 34 heavy (non-hydrogen) atoms. The van der Waals surface area contributed by atoms with E-state index in [4.69, 9.17) is 0 Å². The first-order valence-electron chi connectivity index (χ1n) is 10.5. The molecule has 0 aliphatic heterocycles. The molecule has 2 aromatic heterocycles. The number of fused-ring (bicyclic) bond motifs is 3. The van der Waals surface area contributed by atoms with Gasteiger partial charge < -0.3 is 5.32 Å². The van der Waals surface area contributed by atoms with Crippen LogP contribution in [0.1, 0.15) is 27.3 Å². The maximum absolute atomic E-state index is 14.0. The number of carbonyl (C=O) groups is 1. The number of carbonyl (C=O) groups excluding carboxylic acids is 1. The number of benzene rings is 3. The fraction of sp³-hybridized carbons (Fsp3) is 0.120. The Labute approximate surface area is 192 Å². The molecular formula is C25H19F2N5O2. The van der Waals surface area contributed by atoms with E-state index in [0.29, 0.717) is 23.6 Å². The van der Waals surface area contributed by atoms with Crippen molar-refractivity contribution in [1.82, 2.24) is 19.2 Å². The van der Waals surface area contributed by atoms with Crippen LogP contribution in [0.4, 0.5) is 14.5 Å². The van der Waals surface area contributed by atoms with E-state index in [2.05, 4.69) is 15.4 Å². The fourth-order valence-corrected chi connectivity index (χ4v) is 3.86. The third-order valence-electron chi connectivity index (χ3n) is 5.67. The molecule has 0 spiro atoms. The number of nitrogens with zero attached hydrogens (tertiary/aromatic N) is 4. The zero-order valence-electron chi connectivity index (χ0n) is 18.3. The lowest BCUT2D eigenvalue weighted by Crippen LogP contribution is -2.24. The van der Waals surface area contributed by atoms with Gasteiger partial charge in [-0.2, -0.15) is 4.98 Å². The van der Waals surface area contributed by atoms with Crippen molar-refractivity contribution in [3.8, 4) is 0 Å². The van der Waals surface area contributed by atoms with Crippen LogP contribution >= 0.6 is 0 Å². The van der Waals surface area contributed by atoms with Gasteiger partial charge in [-0.25, -0.2) is 13.3 Å². The van der Waals surface area contributed by atoms with E-state index in [1.54, 1.807) is 4.57 Å². The average molecular weight is 459 g/mol. The number of aromatic nitrogens is 4. The maximum atomic E-state index is 14.0. The molecule has 0 fully saturated rings. The highest BCUT2D eigenvalue weighted by Gasteiger charge is 2.20. The molecule has 7 nitrogen and oxygen atoms in total. The third-order valence-corrected chi connectivity index (χ3v) is 5.67. The van der Waals surface area contributed by atoms with Crippen LogP contribution < -0.4 is 10.9 Å². The van der Waals surface area contributed by atoms with Gasteiger partial charge in [-0.05, 0) is 54.8 Å². The third kappa shape index (κ3) is 3.71. The van der Waals surface area contributed by atoms with Crippen LogP contribution in [0.2, 0.25) is 0 Å². The maximum Gasteiger partial charge on any atom is 0.296 e. The molecule has 170 valence electrons. The van der Waals surface area contributed by atoms with Crippen LogP contribution in [-0.4, -0.2) is 25.1 Å². The number of rotatable bonds is 4. The van der Waals surface area contributed by atoms with Crippen LogP contribution in [0.3, 0.4) is 0 Å². The van der Waals surface area contributed by atoms with E-state index < -0.39 is 23.1 Å². The molecule has 0 aliphatic rings. The second-order valence-corrected chi connectivity index (χ2v) is 8.06. The van der Waals surface area contributed by atoms with Gasteiger partial charge in [-0.15, -0.1) is 5.10 Å². The van der Waals surface area contributed by atoms with E-state index in [1.165, 1.54) is 4.52 Å². The van der Waals surface area contributed by atoms with Crippen LogP contribution in [0.25, 0.3) is 16.7 Å². The summed E-state index contributed by atoms with van der Waals surface area (Å²) in [6.45, 7) is 4.21. The van der Waals surface area contributed by atoms with Crippen molar-refractivity contribution in [2.45, 2.75) is 20.4 Å². The predicted octanol–water partition coefficient (Wildman–Crippen LogP) is 4.24. The van der Waals surface area contributed by atoms with Crippen molar-refractivity contribution < 1.29 is 13.6 Å². The van der Waals surface area contributed by atoms with Gasteiger partial charge in [0.05, 0.1) is 23.3 Å². The van der Waals surface area contributed by atoms with Crippen molar-refractivity contribution in [1.29, 1.82) is 0 Å². The number of nitrogens with one attached hydrogen (secondary N) is 1. The Morgan fingerprint density at radius 2 is 1.79 bits per heavy atom. The Bertz CT molecular complexity index is 1660. The highest BCUT2D eigenvalue weighted by molar-refractivity contribution is 6.02. The number of aryl methyl sites for hydroxylation is 2. The molecule has 0 bridgehead atoms. The Balaban J connectivity index is 1.65. The Kier molecular flexibility index (Phi) is 5.16. The van der Waals surface area contributed by atoms with Gasteiger partial charge in [-0.3, -0.25) is 14.2 Å². The molecule has 0 unspecified atom stereocenters. The summed E-state index contributed by atoms with van der Waals surface area (Å²) < 4.78 is 30.1. The van der Waals surface area contributed by atoms with Gasteiger partial charge in [0, 0.05) is 6.07 Å². The van der Waals surface area contributed by atoms with Crippen LogP contribution in [0.15, 0.2) is 65.5 Å². The van der Waals surface area contributed by atoms with Crippen LogP contribution in [-0.2, 0) is 6.54 Å². The minimum absolute atomic E-state index is 0.0327. The molecule has 0 aliphatic carbocycles. The SMILES string of the molecule is Cc1ccc2c(c1)n(Cc1ccccc1C)c(=O)c1nc(C(=O)Nc3ccc(F)cc3F)nn12. The minimum atomic E-state index is -0.932. The predicted molar refractivity (Wildman–Crippen MR) is 124 cm³/mol. The van der Waals surface area contributed by atoms with Crippen LogP contribution in [0.5, 0.6) is 0 Å². The second-order valence-electron chi connectivity index (χ2n) is 8.06. The Hall–Kier alpha value is -4.40. The molecule has 1 N–H and O–H groups in total. The summed E-state index contributed by atoms with van der Waals surface area (Å²) in [6.07, 6.45) is 0. The fourth-order valence-electron chi connectivity index (χ4n) is 3.86. The highest BCUT2D eigenvalue weighted by atomic mass is 19.1. The van der Waals surface area contributed by atoms with E-state index in [1.807, 2.05) is 56.3 Å². The van der Waals surface area contributed by atoms with Crippen molar-refractivity contribution in [3.05, 3.63) is 105 Å². The van der Waals surface area contributed by atoms with Crippen molar-refractivity contribution in [2.75, 3.05) is 5.32 Å². The summed E-state index contributed by atoms with van der Waals surface area (Å²) in [5, 5.41) is 6.55. The quantitative estimate of drug-likeness (QED) is 0.436. The lowest BCUT2D eigenvalue weighted by atomic mass is 10.1. The molecule has 5 rings (SSSR count). The van der Waals surface area contributed by atoms with Crippen molar-refractivity contribution >= 4 is 28.3 Å². The standard InChI is InChI=1S/C25H19F2N5O2/c1-14-7-10-20-21(11-14)31(13-16-6-4-3-5-15(16)2)25(34)23-29-22(30-32(20)23)24(33)28-19-9-8-17(26)12-18(19)27/h3-12H,13H2,1-2H3,(H,28,33). The number of hydrogen-bond acceptors (Lipinski definition) is 4. The summed E-state index contributed by atoms with van der Waals surface area (Å²) in [4.78, 5) is 30.3. The van der Waals surface area contributed by atoms with Gasteiger partial charge in [0.25, 0.3) is 11.5 Å². The lowest BCUT2D eigenvalue weighted by Gasteiger charge is -2.13. The number of anilines is 1. The van der Waals surface area contributed by atoms with E-state index in [0.717, 1.165) is 28.8 Å². The van der Waals surface area contributed by atoms with Gasteiger partial charge >= 0.3 is 0 Å². The largest absolute Gasteiger partial charge is 0.317 e. The molecule has 3 aromatic carbocycles. The highest BCUT2D eigenvalue weighted by Crippen LogP contribution is 2.19. The zero-order chi connectivity index (χ0) is 24.0. The minimum Gasteiger partial charge on any atom is -0.317 e. The van der Waals surface area contributed by atoms with Gasteiger partial charge in [-0.1, -0.05) is 30.3 Å². The normalized spacial score (nSPS) is 11.3. The summed E-state index contributed by atoms with van der Waals surface area (Å²) in [5.41, 5.74) is 3.53. The molecular weight excluding hydrogens is 440 g/mol. The summed E-state index contributed by atoms with van der Waals surface area (Å²) in [6, 6.07) is 16.1. The van der Waals surface area contributed by atoms with Gasteiger partial charge in [0.15, 0.2) is 0 Å². The van der Waals surface area contributed by atoms with E-state index >= 15 is 0 Å². The monoisotopic (exact) mass is 459 g/mol. The number of amides is 1. The molecule has 1 amide bonds. The first-order valence-corrected chi connectivity index (χ1v) is 10.5. The van der Waals surface area contributed by atoms with Gasteiger partial charge in [0.2, 0.25) is 11.5 Å². The van der Waals surface area contributed by atoms with Gasteiger partial charge in [0.1, 0.15) is 11.6 Å².